The first-order chi connectivity index (χ1) is 13.3. The SMILES string of the molecule is CCC[C@@H](C(N)=O)N(C)[C@H]1CC[C@@H]2CN(S(=O)(=O)c3ccc(C#N)cc3)C[C@@H]21. The number of nitriles is 1. The van der Waals surface area contributed by atoms with E-state index >= 15 is 0 Å². The molecule has 2 aliphatic rings. The minimum atomic E-state index is -3.59. The van der Waals surface area contributed by atoms with Crippen LogP contribution in [0, 0.1) is 23.2 Å². The van der Waals surface area contributed by atoms with Gasteiger partial charge in [-0.25, -0.2) is 8.42 Å². The maximum Gasteiger partial charge on any atom is 0.243 e. The molecule has 1 heterocycles. The number of rotatable bonds is 7. The third-order valence-corrected chi connectivity index (χ3v) is 8.16. The predicted octanol–water partition coefficient (Wildman–Crippen LogP) is 1.54. The normalized spacial score (nSPS) is 26.1. The number of nitrogens with two attached hydrogens (primary N) is 1. The Bertz CT molecular complexity index is 862. The first-order valence-corrected chi connectivity index (χ1v) is 11.2. The van der Waals surface area contributed by atoms with Crippen molar-refractivity contribution in [1.82, 2.24) is 9.21 Å². The van der Waals surface area contributed by atoms with Crippen LogP contribution in [0.3, 0.4) is 0 Å². The summed E-state index contributed by atoms with van der Waals surface area (Å²) in [5.41, 5.74) is 6.05. The zero-order valence-electron chi connectivity index (χ0n) is 16.4. The fourth-order valence-corrected chi connectivity index (χ4v) is 6.33. The molecule has 1 aromatic rings. The Morgan fingerprint density at radius 1 is 1.32 bits per heavy atom. The summed E-state index contributed by atoms with van der Waals surface area (Å²) in [6.07, 6.45) is 3.51. The van der Waals surface area contributed by atoms with E-state index in [0.717, 1.165) is 19.3 Å². The summed E-state index contributed by atoms with van der Waals surface area (Å²) in [4.78, 5) is 14.2. The highest BCUT2D eigenvalue weighted by Crippen LogP contribution is 2.42. The molecule has 1 aromatic carbocycles. The second-order valence-electron chi connectivity index (χ2n) is 7.90. The molecule has 7 nitrogen and oxygen atoms in total. The molecule has 0 spiro atoms. The molecule has 1 saturated heterocycles. The zero-order valence-corrected chi connectivity index (χ0v) is 17.2. The molecular formula is C20H28N4O3S. The number of carbonyl (C=O) groups excluding carboxylic acids is 1. The van der Waals surface area contributed by atoms with E-state index in [1.807, 2.05) is 20.0 Å². The Labute approximate surface area is 167 Å². The summed E-state index contributed by atoms with van der Waals surface area (Å²) in [7, 11) is -1.65. The van der Waals surface area contributed by atoms with Crippen molar-refractivity contribution in [2.75, 3.05) is 20.1 Å². The Kier molecular flexibility index (Phi) is 6.08. The Morgan fingerprint density at radius 3 is 2.57 bits per heavy atom. The molecule has 1 aliphatic heterocycles. The number of fused-ring (bicyclic) bond motifs is 1. The van der Waals surface area contributed by atoms with Crippen LogP contribution in [0.2, 0.25) is 0 Å². The van der Waals surface area contributed by atoms with Crippen molar-refractivity contribution in [2.45, 2.75) is 49.6 Å². The molecule has 0 unspecified atom stereocenters. The minimum absolute atomic E-state index is 0.162. The Morgan fingerprint density at radius 2 is 2.00 bits per heavy atom. The van der Waals surface area contributed by atoms with Crippen LogP contribution in [-0.2, 0) is 14.8 Å². The van der Waals surface area contributed by atoms with Gasteiger partial charge in [0, 0.05) is 19.1 Å². The van der Waals surface area contributed by atoms with Crippen molar-refractivity contribution in [3.05, 3.63) is 29.8 Å². The first-order valence-electron chi connectivity index (χ1n) is 9.81. The quantitative estimate of drug-likeness (QED) is 0.742. The van der Waals surface area contributed by atoms with Crippen molar-refractivity contribution in [3.63, 3.8) is 0 Å². The highest BCUT2D eigenvalue weighted by atomic mass is 32.2. The average molecular weight is 405 g/mol. The molecule has 8 heteroatoms. The molecule has 2 N–H and O–H groups in total. The summed E-state index contributed by atoms with van der Waals surface area (Å²) >= 11 is 0. The van der Waals surface area contributed by atoms with Crippen molar-refractivity contribution in [1.29, 1.82) is 5.26 Å². The smallest absolute Gasteiger partial charge is 0.243 e. The number of sulfonamides is 1. The van der Waals surface area contributed by atoms with Gasteiger partial charge in [0.15, 0.2) is 0 Å². The van der Waals surface area contributed by atoms with Gasteiger partial charge in [-0.1, -0.05) is 13.3 Å². The summed E-state index contributed by atoms with van der Waals surface area (Å²) in [6, 6.07) is 7.91. The molecular weight excluding hydrogens is 376 g/mol. The van der Waals surface area contributed by atoms with E-state index in [-0.39, 0.29) is 28.8 Å². The molecule has 4 atom stereocenters. The predicted molar refractivity (Wildman–Crippen MR) is 106 cm³/mol. The van der Waals surface area contributed by atoms with Crippen LogP contribution in [0.15, 0.2) is 29.2 Å². The van der Waals surface area contributed by atoms with Crippen LogP contribution in [0.5, 0.6) is 0 Å². The molecule has 1 aliphatic carbocycles. The van der Waals surface area contributed by atoms with E-state index < -0.39 is 10.0 Å². The van der Waals surface area contributed by atoms with Crippen molar-refractivity contribution in [2.24, 2.45) is 17.6 Å². The average Bonchev–Trinajstić information content (AvgIpc) is 3.26. The number of hydrogen-bond acceptors (Lipinski definition) is 5. The Hall–Kier alpha value is -1.95. The van der Waals surface area contributed by atoms with E-state index in [2.05, 4.69) is 4.90 Å². The maximum atomic E-state index is 13.0. The summed E-state index contributed by atoms with van der Waals surface area (Å²) < 4.78 is 27.6. The summed E-state index contributed by atoms with van der Waals surface area (Å²) in [5.74, 6) is 0.195. The number of nitrogens with zero attached hydrogens (tertiary/aromatic N) is 3. The number of hydrogen-bond donors (Lipinski definition) is 1. The molecule has 152 valence electrons. The van der Waals surface area contributed by atoms with Gasteiger partial charge in [0.05, 0.1) is 22.6 Å². The van der Waals surface area contributed by atoms with Crippen molar-refractivity contribution >= 4 is 15.9 Å². The lowest BCUT2D eigenvalue weighted by atomic mass is 9.95. The second-order valence-corrected chi connectivity index (χ2v) is 9.84. The fraction of sp³-hybridized carbons (Fsp3) is 0.600. The summed E-state index contributed by atoms with van der Waals surface area (Å²) in [5, 5.41) is 8.91. The minimum Gasteiger partial charge on any atom is -0.368 e. The standard InChI is InChI=1S/C20H28N4O3S/c1-3-4-19(20(22)25)23(2)18-10-7-15-12-24(13-17(15)18)28(26,27)16-8-5-14(11-21)6-9-16/h5-6,8-9,15,17-19H,3-4,7,10,12-13H2,1-2H3,(H2,22,25)/t15-,17+,18+,19+/m1/s1. The number of amides is 1. The monoisotopic (exact) mass is 404 g/mol. The van der Waals surface area contributed by atoms with Gasteiger partial charge in [0.2, 0.25) is 15.9 Å². The molecule has 3 rings (SSSR count). The highest BCUT2D eigenvalue weighted by molar-refractivity contribution is 7.89. The van der Waals surface area contributed by atoms with Crippen molar-refractivity contribution in [3.8, 4) is 6.07 Å². The van der Waals surface area contributed by atoms with Gasteiger partial charge in [-0.2, -0.15) is 9.57 Å². The lowest BCUT2D eigenvalue weighted by Crippen LogP contribution is -2.49. The van der Waals surface area contributed by atoms with Crippen LogP contribution in [-0.4, -0.2) is 55.8 Å². The van der Waals surface area contributed by atoms with Gasteiger partial charge in [0.1, 0.15) is 0 Å². The van der Waals surface area contributed by atoms with E-state index in [4.69, 9.17) is 11.0 Å². The topological polar surface area (TPSA) is 108 Å². The van der Waals surface area contributed by atoms with E-state index in [1.54, 1.807) is 4.31 Å². The molecule has 28 heavy (non-hydrogen) atoms. The van der Waals surface area contributed by atoms with Crippen LogP contribution in [0.4, 0.5) is 0 Å². The third-order valence-electron chi connectivity index (χ3n) is 6.31. The van der Waals surface area contributed by atoms with Gasteiger partial charge >= 0.3 is 0 Å². The van der Waals surface area contributed by atoms with Crippen LogP contribution in [0.1, 0.15) is 38.2 Å². The van der Waals surface area contributed by atoms with Crippen LogP contribution in [0.25, 0.3) is 0 Å². The molecule has 0 aromatic heterocycles. The van der Waals surface area contributed by atoms with Gasteiger partial charge < -0.3 is 5.73 Å². The molecule has 2 fully saturated rings. The van der Waals surface area contributed by atoms with E-state index in [1.165, 1.54) is 24.3 Å². The molecule has 0 bridgehead atoms. The fourth-order valence-electron chi connectivity index (χ4n) is 4.80. The lowest BCUT2D eigenvalue weighted by Gasteiger charge is -2.34. The highest BCUT2D eigenvalue weighted by Gasteiger charge is 2.48. The summed E-state index contributed by atoms with van der Waals surface area (Å²) in [6.45, 7) is 2.99. The van der Waals surface area contributed by atoms with Gasteiger partial charge in [-0.05, 0) is 62.4 Å². The molecule has 1 saturated carbocycles. The number of likely N-dealkylation sites (N-methyl/N-ethyl adjacent to an activating group) is 1. The second kappa shape index (κ2) is 8.19. The largest absolute Gasteiger partial charge is 0.368 e. The number of primary amides is 1. The zero-order chi connectivity index (χ0) is 20.5. The van der Waals surface area contributed by atoms with Gasteiger partial charge in [0.25, 0.3) is 0 Å². The van der Waals surface area contributed by atoms with Crippen molar-refractivity contribution < 1.29 is 13.2 Å². The first kappa shape index (κ1) is 20.8. The van der Waals surface area contributed by atoms with Gasteiger partial charge in [-0.15, -0.1) is 0 Å². The molecule has 1 amide bonds. The third kappa shape index (κ3) is 3.79. The van der Waals surface area contributed by atoms with E-state index in [0.29, 0.717) is 31.0 Å². The van der Waals surface area contributed by atoms with Crippen LogP contribution < -0.4 is 5.73 Å². The van der Waals surface area contributed by atoms with E-state index in [9.17, 15) is 13.2 Å². The molecule has 0 radical (unpaired) electrons. The Balaban J connectivity index is 1.76. The maximum absolute atomic E-state index is 13.0. The lowest BCUT2D eigenvalue weighted by molar-refractivity contribution is -0.124. The number of benzene rings is 1. The number of carbonyl (C=O) groups is 1. The van der Waals surface area contributed by atoms with Crippen LogP contribution >= 0.6 is 0 Å². The van der Waals surface area contributed by atoms with Gasteiger partial charge in [-0.3, -0.25) is 9.69 Å².